The van der Waals surface area contributed by atoms with E-state index in [9.17, 15) is 0 Å². The quantitative estimate of drug-likeness (QED) is 0.865. The Morgan fingerprint density at radius 3 is 3.14 bits per heavy atom. The Balaban J connectivity index is 1.49. The van der Waals surface area contributed by atoms with Gasteiger partial charge in [-0.2, -0.15) is 5.10 Å². The van der Waals surface area contributed by atoms with Crippen LogP contribution in [-0.2, 0) is 13.1 Å². The molecule has 0 bridgehead atoms. The second kappa shape index (κ2) is 5.78. The third-order valence-electron chi connectivity index (χ3n) is 4.24. The molecule has 0 amide bonds. The molecule has 7 heteroatoms. The van der Waals surface area contributed by atoms with Gasteiger partial charge in [0.05, 0.1) is 11.6 Å². The Morgan fingerprint density at radius 1 is 1.32 bits per heavy atom. The molecule has 0 saturated carbocycles. The maximum atomic E-state index is 6.27. The first-order valence-corrected chi connectivity index (χ1v) is 7.82. The van der Waals surface area contributed by atoms with Crippen molar-refractivity contribution in [2.75, 3.05) is 13.3 Å². The van der Waals surface area contributed by atoms with E-state index in [1.165, 1.54) is 12.8 Å². The van der Waals surface area contributed by atoms with E-state index in [2.05, 4.69) is 15.0 Å². The number of rotatable bonds is 4. The minimum Gasteiger partial charge on any atom is -0.454 e. The van der Waals surface area contributed by atoms with E-state index >= 15 is 0 Å². The van der Waals surface area contributed by atoms with Gasteiger partial charge in [0.25, 0.3) is 0 Å². The van der Waals surface area contributed by atoms with Crippen LogP contribution in [0, 0.1) is 0 Å². The lowest BCUT2D eigenvalue weighted by atomic mass is 10.1. The number of aromatic nitrogens is 3. The molecule has 0 aliphatic carbocycles. The second-order valence-corrected chi connectivity index (χ2v) is 6.10. The van der Waals surface area contributed by atoms with Crippen LogP contribution in [0.3, 0.4) is 0 Å². The van der Waals surface area contributed by atoms with E-state index in [1.54, 1.807) is 12.7 Å². The normalized spacial score (nSPS) is 20.7. The zero-order chi connectivity index (χ0) is 14.9. The van der Waals surface area contributed by atoms with Crippen LogP contribution in [0.2, 0.25) is 5.02 Å². The largest absolute Gasteiger partial charge is 0.454 e. The summed E-state index contributed by atoms with van der Waals surface area (Å²) in [5.74, 6) is 1.40. The van der Waals surface area contributed by atoms with Crippen molar-refractivity contribution in [2.45, 2.75) is 32.0 Å². The molecule has 22 heavy (non-hydrogen) atoms. The zero-order valence-electron chi connectivity index (χ0n) is 12.1. The third kappa shape index (κ3) is 2.64. The maximum Gasteiger partial charge on any atom is 0.231 e. The van der Waals surface area contributed by atoms with Crippen molar-refractivity contribution < 1.29 is 9.47 Å². The summed E-state index contributed by atoms with van der Waals surface area (Å²) >= 11 is 6.27. The van der Waals surface area contributed by atoms with Crippen molar-refractivity contribution in [3.05, 3.63) is 35.4 Å². The molecule has 6 nitrogen and oxygen atoms in total. The molecule has 1 aromatic heterocycles. The van der Waals surface area contributed by atoms with E-state index in [-0.39, 0.29) is 6.79 Å². The summed E-state index contributed by atoms with van der Waals surface area (Å²) in [6, 6.07) is 4.48. The molecule has 0 unspecified atom stereocenters. The Labute approximate surface area is 133 Å². The molecule has 2 aromatic rings. The number of likely N-dealkylation sites (tertiary alicyclic amines) is 1. The average molecular weight is 321 g/mol. The van der Waals surface area contributed by atoms with E-state index in [0.717, 1.165) is 30.9 Å². The number of nitrogens with zero attached hydrogens (tertiary/aromatic N) is 4. The van der Waals surface area contributed by atoms with Gasteiger partial charge in [-0.1, -0.05) is 11.6 Å². The van der Waals surface area contributed by atoms with Gasteiger partial charge in [-0.3, -0.25) is 9.58 Å². The van der Waals surface area contributed by atoms with Gasteiger partial charge in [-0.25, -0.2) is 4.98 Å². The van der Waals surface area contributed by atoms with Gasteiger partial charge in [-0.05, 0) is 37.1 Å². The molecule has 2 aliphatic rings. The molecular formula is C15H17ClN4O2. The molecule has 116 valence electrons. The first kappa shape index (κ1) is 13.8. The smallest absolute Gasteiger partial charge is 0.231 e. The predicted octanol–water partition coefficient (Wildman–Crippen LogP) is 2.32. The topological polar surface area (TPSA) is 52.4 Å². The Morgan fingerprint density at radius 2 is 2.27 bits per heavy atom. The van der Waals surface area contributed by atoms with Crippen LogP contribution in [0.1, 0.15) is 18.4 Å². The summed E-state index contributed by atoms with van der Waals surface area (Å²) in [4.78, 5) is 6.48. The molecular weight excluding hydrogens is 304 g/mol. The molecule has 1 aromatic carbocycles. The molecule has 1 atom stereocenters. The molecule has 3 heterocycles. The van der Waals surface area contributed by atoms with Gasteiger partial charge in [0.15, 0.2) is 11.5 Å². The van der Waals surface area contributed by atoms with Crippen LogP contribution in [0.15, 0.2) is 24.8 Å². The maximum absolute atomic E-state index is 6.27. The minimum absolute atomic E-state index is 0.247. The first-order chi connectivity index (χ1) is 10.8. The molecule has 2 aliphatic heterocycles. The molecule has 1 fully saturated rings. The van der Waals surface area contributed by atoms with Crippen LogP contribution in [0.5, 0.6) is 11.5 Å². The predicted molar refractivity (Wildman–Crippen MR) is 81.0 cm³/mol. The highest BCUT2D eigenvalue weighted by Gasteiger charge is 2.26. The fourth-order valence-corrected chi connectivity index (χ4v) is 3.49. The van der Waals surface area contributed by atoms with E-state index in [1.807, 2.05) is 16.8 Å². The second-order valence-electron chi connectivity index (χ2n) is 5.70. The number of benzene rings is 1. The highest BCUT2D eigenvalue weighted by molar-refractivity contribution is 6.32. The zero-order valence-corrected chi connectivity index (χ0v) is 12.9. The number of fused-ring (bicyclic) bond motifs is 1. The Bertz CT molecular complexity index is 662. The lowest BCUT2D eigenvalue weighted by Gasteiger charge is -2.24. The van der Waals surface area contributed by atoms with Crippen LogP contribution in [0.25, 0.3) is 0 Å². The van der Waals surface area contributed by atoms with Crippen molar-refractivity contribution in [1.29, 1.82) is 0 Å². The number of hydrogen-bond donors (Lipinski definition) is 0. The van der Waals surface area contributed by atoms with Crippen molar-refractivity contribution in [3.8, 4) is 11.5 Å². The summed E-state index contributed by atoms with van der Waals surface area (Å²) < 4.78 is 12.7. The van der Waals surface area contributed by atoms with Crippen molar-refractivity contribution in [2.24, 2.45) is 0 Å². The van der Waals surface area contributed by atoms with Gasteiger partial charge in [0.2, 0.25) is 6.79 Å². The van der Waals surface area contributed by atoms with E-state index in [4.69, 9.17) is 21.1 Å². The summed E-state index contributed by atoms with van der Waals surface area (Å²) in [6.45, 7) is 3.07. The van der Waals surface area contributed by atoms with Crippen LogP contribution < -0.4 is 9.47 Å². The van der Waals surface area contributed by atoms with Crippen LogP contribution in [-0.4, -0.2) is 39.0 Å². The van der Waals surface area contributed by atoms with Gasteiger partial charge in [0, 0.05) is 12.6 Å². The highest BCUT2D eigenvalue weighted by atomic mass is 35.5. The van der Waals surface area contributed by atoms with Crippen molar-refractivity contribution >= 4 is 11.6 Å². The van der Waals surface area contributed by atoms with E-state index < -0.39 is 0 Å². The average Bonchev–Trinajstić information content (AvgIpc) is 3.22. The van der Waals surface area contributed by atoms with Gasteiger partial charge in [-0.15, -0.1) is 0 Å². The number of ether oxygens (including phenoxy) is 2. The Hall–Kier alpha value is -1.79. The van der Waals surface area contributed by atoms with Gasteiger partial charge >= 0.3 is 0 Å². The molecule has 0 N–H and O–H groups in total. The summed E-state index contributed by atoms with van der Waals surface area (Å²) in [6.07, 6.45) is 5.74. The van der Waals surface area contributed by atoms with Crippen molar-refractivity contribution in [1.82, 2.24) is 19.7 Å². The summed E-state index contributed by atoms with van der Waals surface area (Å²) in [5, 5.41) is 4.83. The lowest BCUT2D eigenvalue weighted by molar-refractivity contribution is 0.174. The fraction of sp³-hybridized carbons (Fsp3) is 0.467. The highest BCUT2D eigenvalue weighted by Crippen LogP contribution is 2.40. The Kier molecular flexibility index (Phi) is 3.63. The van der Waals surface area contributed by atoms with Crippen LogP contribution >= 0.6 is 11.6 Å². The van der Waals surface area contributed by atoms with Gasteiger partial charge in [0.1, 0.15) is 12.7 Å². The SMILES string of the molecule is Clc1cc(CN2CCC[C@@H]2Cn2cncn2)cc2c1OCO2. The first-order valence-electron chi connectivity index (χ1n) is 7.44. The number of hydrogen-bond acceptors (Lipinski definition) is 5. The molecule has 1 saturated heterocycles. The fourth-order valence-electron chi connectivity index (χ4n) is 3.20. The lowest BCUT2D eigenvalue weighted by Crippen LogP contribution is -2.32. The van der Waals surface area contributed by atoms with Crippen LogP contribution in [0.4, 0.5) is 0 Å². The monoisotopic (exact) mass is 320 g/mol. The number of halogens is 1. The summed E-state index contributed by atoms with van der Waals surface area (Å²) in [7, 11) is 0. The molecule has 0 radical (unpaired) electrons. The van der Waals surface area contributed by atoms with Gasteiger partial charge < -0.3 is 9.47 Å². The van der Waals surface area contributed by atoms with Crippen molar-refractivity contribution in [3.63, 3.8) is 0 Å². The standard InChI is InChI=1S/C15H17ClN4O2/c16-13-4-11(5-14-15(13)22-10-21-14)6-19-3-1-2-12(19)7-20-9-17-8-18-20/h4-5,8-9,12H,1-3,6-7,10H2/t12-/m1/s1. The molecule has 0 spiro atoms. The molecule has 4 rings (SSSR count). The summed E-state index contributed by atoms with van der Waals surface area (Å²) in [5.41, 5.74) is 1.15. The third-order valence-corrected chi connectivity index (χ3v) is 4.52. The minimum atomic E-state index is 0.247. The van der Waals surface area contributed by atoms with E-state index in [0.29, 0.717) is 16.8 Å².